The third-order valence-corrected chi connectivity index (χ3v) is 4.83. The molecule has 0 spiro atoms. The standard InChI is InChI=1S/C22H17N5O4/c28-20-18-7-2-10-23-21(18)27(25-19(20)22(29)24-14-8-9-14)15-4-1-5-16(12-15)31-17-6-3-11-26(30)13-17/h1-7,10-14H,8-9H2,(H-,24,29,30)/p+1. The Kier molecular flexibility index (Phi) is 4.55. The fourth-order valence-electron chi connectivity index (χ4n) is 3.19. The summed E-state index contributed by atoms with van der Waals surface area (Å²) in [5.41, 5.74) is 0.264. The van der Waals surface area contributed by atoms with Gasteiger partial charge in [0.05, 0.1) is 11.1 Å². The van der Waals surface area contributed by atoms with Gasteiger partial charge in [0.25, 0.3) is 12.1 Å². The SMILES string of the molecule is O=C(NC1CC1)c1nn(-c2cccc(Oc3ccc[n+](O)c3)c2)c2ncccc2c1=O. The summed E-state index contributed by atoms with van der Waals surface area (Å²) in [5, 5.41) is 17.0. The zero-order valence-corrected chi connectivity index (χ0v) is 16.3. The number of benzene rings is 1. The summed E-state index contributed by atoms with van der Waals surface area (Å²) in [5.74, 6) is 0.427. The molecule has 154 valence electrons. The van der Waals surface area contributed by atoms with Crippen molar-refractivity contribution in [2.45, 2.75) is 18.9 Å². The quantitative estimate of drug-likeness (QED) is 0.380. The van der Waals surface area contributed by atoms with Crippen LogP contribution in [-0.4, -0.2) is 31.9 Å². The zero-order valence-electron chi connectivity index (χ0n) is 16.3. The van der Waals surface area contributed by atoms with Crippen LogP contribution in [0.4, 0.5) is 0 Å². The second-order valence-corrected chi connectivity index (χ2v) is 7.23. The Morgan fingerprint density at radius 3 is 2.81 bits per heavy atom. The highest BCUT2D eigenvalue weighted by Gasteiger charge is 2.27. The summed E-state index contributed by atoms with van der Waals surface area (Å²) in [6.45, 7) is 0. The van der Waals surface area contributed by atoms with Gasteiger partial charge in [-0.2, -0.15) is 5.10 Å². The molecule has 4 aromatic rings. The van der Waals surface area contributed by atoms with Crippen LogP contribution in [0.3, 0.4) is 0 Å². The van der Waals surface area contributed by atoms with Crippen LogP contribution in [0.5, 0.6) is 11.5 Å². The predicted molar refractivity (Wildman–Crippen MR) is 110 cm³/mol. The summed E-state index contributed by atoms with van der Waals surface area (Å²) >= 11 is 0. The van der Waals surface area contributed by atoms with Crippen molar-refractivity contribution in [2.24, 2.45) is 0 Å². The van der Waals surface area contributed by atoms with Gasteiger partial charge in [0.15, 0.2) is 17.1 Å². The van der Waals surface area contributed by atoms with Crippen LogP contribution in [0.25, 0.3) is 16.7 Å². The van der Waals surface area contributed by atoms with E-state index in [1.54, 1.807) is 54.7 Å². The summed E-state index contributed by atoms with van der Waals surface area (Å²) < 4.78 is 8.17. The Labute approximate surface area is 176 Å². The summed E-state index contributed by atoms with van der Waals surface area (Å²) in [4.78, 5) is 29.8. The van der Waals surface area contributed by atoms with E-state index in [0.29, 0.717) is 28.2 Å². The molecule has 0 aliphatic heterocycles. The van der Waals surface area contributed by atoms with Crippen molar-refractivity contribution >= 4 is 16.9 Å². The van der Waals surface area contributed by atoms with Gasteiger partial charge in [-0.25, -0.2) is 9.67 Å². The molecule has 2 N–H and O–H groups in total. The Morgan fingerprint density at radius 2 is 2.00 bits per heavy atom. The van der Waals surface area contributed by atoms with Crippen LogP contribution >= 0.6 is 0 Å². The third-order valence-electron chi connectivity index (χ3n) is 4.83. The number of amides is 1. The molecule has 1 aliphatic carbocycles. The van der Waals surface area contributed by atoms with Crippen LogP contribution in [0.2, 0.25) is 0 Å². The van der Waals surface area contributed by atoms with Crippen molar-refractivity contribution in [2.75, 3.05) is 0 Å². The topological polar surface area (TPSA) is 110 Å². The van der Waals surface area contributed by atoms with Crippen LogP contribution in [0.1, 0.15) is 23.3 Å². The lowest BCUT2D eigenvalue weighted by Gasteiger charge is -2.12. The molecule has 0 saturated heterocycles. The number of hydrogen-bond donors (Lipinski definition) is 2. The van der Waals surface area contributed by atoms with Gasteiger partial charge in [0.1, 0.15) is 5.75 Å². The normalized spacial score (nSPS) is 13.2. The number of carbonyl (C=O) groups excluding carboxylic acids is 1. The van der Waals surface area contributed by atoms with E-state index < -0.39 is 11.3 Å². The molecular formula is C22H18N5O4+. The fraction of sp³-hybridized carbons (Fsp3) is 0.136. The monoisotopic (exact) mass is 416 g/mol. The van der Waals surface area contributed by atoms with Crippen LogP contribution in [-0.2, 0) is 0 Å². The Hall–Kier alpha value is -4.27. The van der Waals surface area contributed by atoms with E-state index in [1.807, 2.05) is 0 Å². The van der Waals surface area contributed by atoms with Gasteiger partial charge in [0.2, 0.25) is 11.6 Å². The van der Waals surface area contributed by atoms with Gasteiger partial charge >= 0.3 is 0 Å². The molecule has 1 fully saturated rings. The van der Waals surface area contributed by atoms with E-state index in [2.05, 4.69) is 15.4 Å². The molecule has 3 heterocycles. The average molecular weight is 416 g/mol. The second kappa shape index (κ2) is 7.52. The largest absolute Gasteiger partial charge is 0.451 e. The van der Waals surface area contributed by atoms with Crippen molar-refractivity contribution in [1.29, 1.82) is 0 Å². The smallest absolute Gasteiger partial charge is 0.276 e. The molecule has 0 unspecified atom stereocenters. The van der Waals surface area contributed by atoms with Crippen molar-refractivity contribution in [1.82, 2.24) is 20.1 Å². The lowest BCUT2D eigenvalue weighted by molar-refractivity contribution is -0.904. The highest BCUT2D eigenvalue weighted by Crippen LogP contribution is 2.24. The first-order chi connectivity index (χ1) is 15.1. The number of pyridine rings is 2. The van der Waals surface area contributed by atoms with E-state index in [-0.39, 0.29) is 11.7 Å². The molecule has 9 heteroatoms. The Morgan fingerprint density at radius 1 is 1.16 bits per heavy atom. The molecule has 9 nitrogen and oxygen atoms in total. The Balaban J connectivity index is 1.60. The highest BCUT2D eigenvalue weighted by molar-refractivity contribution is 5.95. The van der Waals surface area contributed by atoms with Crippen LogP contribution in [0, 0.1) is 0 Å². The van der Waals surface area contributed by atoms with Crippen molar-refractivity contribution in [3.8, 4) is 17.2 Å². The number of fused-ring (bicyclic) bond motifs is 1. The molecular weight excluding hydrogens is 398 g/mol. The number of ether oxygens (including phenoxy) is 1. The second-order valence-electron chi connectivity index (χ2n) is 7.23. The van der Waals surface area contributed by atoms with Crippen molar-refractivity contribution in [3.05, 3.63) is 83.0 Å². The minimum Gasteiger partial charge on any atom is -0.451 e. The molecule has 1 aliphatic rings. The van der Waals surface area contributed by atoms with Crippen LogP contribution in [0.15, 0.2) is 71.9 Å². The number of hydrogen-bond acceptors (Lipinski definition) is 6. The van der Waals surface area contributed by atoms with Gasteiger partial charge < -0.3 is 10.1 Å². The van der Waals surface area contributed by atoms with E-state index in [9.17, 15) is 14.8 Å². The molecule has 5 rings (SSSR count). The maximum atomic E-state index is 12.9. The van der Waals surface area contributed by atoms with E-state index in [4.69, 9.17) is 4.74 Å². The minimum atomic E-state index is -0.490. The summed E-state index contributed by atoms with van der Waals surface area (Å²) in [7, 11) is 0. The first-order valence-corrected chi connectivity index (χ1v) is 9.76. The van der Waals surface area contributed by atoms with Crippen molar-refractivity contribution < 1.29 is 19.5 Å². The van der Waals surface area contributed by atoms with Gasteiger partial charge in [-0.1, -0.05) is 6.07 Å². The van der Waals surface area contributed by atoms with E-state index in [1.165, 1.54) is 17.1 Å². The molecule has 1 saturated carbocycles. The number of rotatable bonds is 5. The third kappa shape index (κ3) is 3.80. The summed E-state index contributed by atoms with van der Waals surface area (Å²) in [6, 6.07) is 13.7. The van der Waals surface area contributed by atoms with E-state index in [0.717, 1.165) is 17.6 Å². The molecule has 1 aromatic carbocycles. The van der Waals surface area contributed by atoms with Gasteiger partial charge in [-0.3, -0.25) is 14.8 Å². The molecule has 0 radical (unpaired) electrons. The zero-order chi connectivity index (χ0) is 21.4. The molecule has 3 aromatic heterocycles. The molecule has 1 amide bonds. The highest BCUT2D eigenvalue weighted by atomic mass is 16.5. The average Bonchev–Trinajstić information content (AvgIpc) is 3.58. The lowest BCUT2D eigenvalue weighted by Crippen LogP contribution is -2.33. The predicted octanol–water partition coefficient (Wildman–Crippen LogP) is 1.99. The first-order valence-electron chi connectivity index (χ1n) is 9.76. The van der Waals surface area contributed by atoms with Gasteiger partial charge in [-0.15, -0.1) is 0 Å². The van der Waals surface area contributed by atoms with Gasteiger partial charge in [0, 0.05) is 29.1 Å². The molecule has 0 atom stereocenters. The number of aromatic nitrogens is 4. The molecule has 31 heavy (non-hydrogen) atoms. The number of nitrogens with one attached hydrogen (secondary N) is 1. The number of carbonyl (C=O) groups is 1. The maximum Gasteiger partial charge on any atom is 0.276 e. The Bertz CT molecular complexity index is 1360. The minimum absolute atomic E-state index is 0.101. The molecule has 0 bridgehead atoms. The van der Waals surface area contributed by atoms with Crippen LogP contribution < -0.4 is 20.2 Å². The van der Waals surface area contributed by atoms with E-state index >= 15 is 0 Å². The fourth-order valence-corrected chi connectivity index (χ4v) is 3.19. The first kappa shape index (κ1) is 18.7. The summed E-state index contributed by atoms with van der Waals surface area (Å²) in [6.07, 6.45) is 6.26. The van der Waals surface area contributed by atoms with Gasteiger partial charge in [-0.05, 0) is 43.2 Å². The lowest BCUT2D eigenvalue weighted by atomic mass is 10.2. The van der Waals surface area contributed by atoms with Crippen molar-refractivity contribution in [3.63, 3.8) is 0 Å². The maximum absolute atomic E-state index is 12.9. The number of nitrogens with zero attached hydrogens (tertiary/aromatic N) is 4.